The molecule has 0 aliphatic carbocycles. The number of rotatable bonds is 5. The highest BCUT2D eigenvalue weighted by Crippen LogP contribution is 2.17. The molecule has 2 heterocycles. The Morgan fingerprint density at radius 1 is 1.23 bits per heavy atom. The van der Waals surface area contributed by atoms with Gasteiger partial charge in [-0.15, -0.1) is 0 Å². The lowest BCUT2D eigenvalue weighted by atomic mass is 9.98. The number of nitrogens with one attached hydrogen (secondary N) is 2. The van der Waals surface area contributed by atoms with Crippen molar-refractivity contribution in [3.63, 3.8) is 0 Å². The molecule has 0 aromatic rings. The number of hydrogen-bond donors (Lipinski definition) is 2. The molecule has 2 fully saturated rings. The predicted octanol–water partition coefficient (Wildman–Crippen LogP) is 1.03. The van der Waals surface area contributed by atoms with Gasteiger partial charge in [0.05, 0.1) is 6.04 Å². The Labute approximate surface area is 133 Å². The van der Waals surface area contributed by atoms with Crippen LogP contribution in [0.4, 0.5) is 4.79 Å². The second-order valence-electron chi connectivity index (χ2n) is 6.30. The average molecular weight is 310 g/mol. The van der Waals surface area contributed by atoms with Gasteiger partial charge >= 0.3 is 6.03 Å². The first-order valence-corrected chi connectivity index (χ1v) is 8.70. The van der Waals surface area contributed by atoms with E-state index in [0.717, 1.165) is 58.4 Å². The number of nitrogens with zero attached hydrogens (tertiary/aromatic N) is 2. The van der Waals surface area contributed by atoms with Crippen LogP contribution in [0.3, 0.4) is 0 Å². The van der Waals surface area contributed by atoms with Crippen LogP contribution in [0.5, 0.6) is 0 Å². The lowest BCUT2D eigenvalue weighted by Crippen LogP contribution is -2.50. The summed E-state index contributed by atoms with van der Waals surface area (Å²) in [6, 6.07) is 0.121. The molecule has 2 N–H and O–H groups in total. The number of hydrogen-bond acceptors (Lipinski definition) is 3. The summed E-state index contributed by atoms with van der Waals surface area (Å²) in [5.41, 5.74) is 0. The van der Waals surface area contributed by atoms with Crippen LogP contribution in [-0.4, -0.2) is 67.0 Å². The molecular weight excluding hydrogens is 280 g/mol. The number of carbonyl (C=O) groups excluding carboxylic acids is 2. The van der Waals surface area contributed by atoms with Crippen LogP contribution < -0.4 is 10.6 Å². The summed E-state index contributed by atoms with van der Waals surface area (Å²) in [5.74, 6) is 0.489. The Kier molecular flexibility index (Phi) is 6.49. The molecule has 2 unspecified atom stereocenters. The van der Waals surface area contributed by atoms with E-state index in [9.17, 15) is 9.59 Å². The van der Waals surface area contributed by atoms with Crippen molar-refractivity contribution in [2.45, 2.75) is 45.6 Å². The summed E-state index contributed by atoms with van der Waals surface area (Å²) < 4.78 is 0. The van der Waals surface area contributed by atoms with E-state index in [1.165, 1.54) is 0 Å². The maximum absolute atomic E-state index is 12.4. The van der Waals surface area contributed by atoms with E-state index in [2.05, 4.69) is 10.6 Å². The van der Waals surface area contributed by atoms with Gasteiger partial charge in [0.25, 0.3) is 0 Å². The van der Waals surface area contributed by atoms with E-state index in [1.54, 1.807) is 0 Å². The van der Waals surface area contributed by atoms with E-state index in [1.807, 2.05) is 23.6 Å². The number of carbonyl (C=O) groups is 2. The van der Waals surface area contributed by atoms with Gasteiger partial charge in [-0.2, -0.15) is 0 Å². The maximum atomic E-state index is 12.4. The second kappa shape index (κ2) is 8.36. The zero-order chi connectivity index (χ0) is 15.9. The molecular formula is C16H30N4O2. The summed E-state index contributed by atoms with van der Waals surface area (Å²) in [6.07, 6.45) is 4.12. The van der Waals surface area contributed by atoms with Gasteiger partial charge in [0.15, 0.2) is 0 Å². The van der Waals surface area contributed by atoms with Crippen LogP contribution in [0.2, 0.25) is 0 Å². The predicted molar refractivity (Wildman–Crippen MR) is 86.6 cm³/mol. The minimum Gasteiger partial charge on any atom is -0.354 e. The van der Waals surface area contributed by atoms with Crippen molar-refractivity contribution in [3.8, 4) is 0 Å². The summed E-state index contributed by atoms with van der Waals surface area (Å²) in [5, 5.41) is 6.28. The lowest BCUT2D eigenvalue weighted by Gasteiger charge is -2.36. The average Bonchev–Trinajstić information content (AvgIpc) is 3.08. The fraction of sp³-hybridized carbons (Fsp3) is 0.875. The molecule has 3 amide bonds. The Morgan fingerprint density at radius 3 is 2.64 bits per heavy atom. The molecule has 0 bridgehead atoms. The van der Waals surface area contributed by atoms with Crippen molar-refractivity contribution in [2.75, 3.05) is 39.3 Å². The fourth-order valence-corrected chi connectivity index (χ4v) is 3.38. The van der Waals surface area contributed by atoms with Crippen LogP contribution >= 0.6 is 0 Å². The quantitative estimate of drug-likeness (QED) is 0.797. The van der Waals surface area contributed by atoms with Crippen LogP contribution in [0.25, 0.3) is 0 Å². The summed E-state index contributed by atoms with van der Waals surface area (Å²) in [7, 11) is 0. The topological polar surface area (TPSA) is 64.7 Å². The number of urea groups is 1. The maximum Gasteiger partial charge on any atom is 0.319 e. The Bertz CT molecular complexity index is 378. The highest BCUT2D eigenvalue weighted by Gasteiger charge is 2.27. The van der Waals surface area contributed by atoms with Crippen molar-refractivity contribution < 1.29 is 9.59 Å². The molecule has 2 saturated heterocycles. The second-order valence-corrected chi connectivity index (χ2v) is 6.30. The third-order valence-electron chi connectivity index (χ3n) is 4.77. The van der Waals surface area contributed by atoms with Crippen molar-refractivity contribution in [1.82, 2.24) is 20.4 Å². The first-order chi connectivity index (χ1) is 10.7. The molecule has 2 atom stereocenters. The highest BCUT2D eigenvalue weighted by atomic mass is 16.2. The first kappa shape index (κ1) is 17.1. The third kappa shape index (κ3) is 4.35. The minimum atomic E-state index is -0.0167. The normalized spacial score (nSPS) is 25.1. The number of likely N-dealkylation sites (tertiary alicyclic amines) is 1. The molecule has 0 saturated carbocycles. The molecule has 0 spiro atoms. The zero-order valence-corrected chi connectivity index (χ0v) is 13.9. The van der Waals surface area contributed by atoms with E-state index >= 15 is 0 Å². The van der Waals surface area contributed by atoms with Crippen molar-refractivity contribution in [3.05, 3.63) is 0 Å². The molecule has 0 radical (unpaired) electrons. The largest absolute Gasteiger partial charge is 0.354 e. The Morgan fingerprint density at radius 2 is 2.00 bits per heavy atom. The Hall–Kier alpha value is -1.30. The minimum absolute atomic E-state index is 0.0167. The molecule has 0 aromatic heterocycles. The van der Waals surface area contributed by atoms with E-state index in [-0.39, 0.29) is 18.0 Å². The molecule has 6 heteroatoms. The molecule has 2 aliphatic heterocycles. The number of amides is 3. The van der Waals surface area contributed by atoms with Gasteiger partial charge in [-0.25, -0.2) is 4.79 Å². The van der Waals surface area contributed by atoms with Crippen LogP contribution in [0.1, 0.15) is 39.5 Å². The summed E-state index contributed by atoms with van der Waals surface area (Å²) in [6.45, 7) is 8.74. The SMILES string of the molecule is CCN(CC)C(=O)N1CCCC(CNC(=O)C2CCCN2)C1. The Balaban J connectivity index is 1.77. The summed E-state index contributed by atoms with van der Waals surface area (Å²) >= 11 is 0. The van der Waals surface area contributed by atoms with Crippen molar-refractivity contribution >= 4 is 11.9 Å². The van der Waals surface area contributed by atoms with Gasteiger partial charge < -0.3 is 20.4 Å². The van der Waals surface area contributed by atoms with Gasteiger partial charge in [0.2, 0.25) is 5.91 Å². The fourth-order valence-electron chi connectivity index (χ4n) is 3.38. The smallest absolute Gasteiger partial charge is 0.319 e. The van der Waals surface area contributed by atoms with Crippen molar-refractivity contribution in [2.24, 2.45) is 5.92 Å². The van der Waals surface area contributed by atoms with Crippen LogP contribution in [-0.2, 0) is 4.79 Å². The monoisotopic (exact) mass is 310 g/mol. The first-order valence-electron chi connectivity index (χ1n) is 8.70. The highest BCUT2D eigenvalue weighted by molar-refractivity contribution is 5.82. The van der Waals surface area contributed by atoms with E-state index in [4.69, 9.17) is 0 Å². The van der Waals surface area contributed by atoms with Gasteiger partial charge in [0.1, 0.15) is 0 Å². The molecule has 2 rings (SSSR count). The van der Waals surface area contributed by atoms with E-state index < -0.39 is 0 Å². The molecule has 0 aromatic carbocycles. The zero-order valence-electron chi connectivity index (χ0n) is 13.9. The van der Waals surface area contributed by atoms with Crippen LogP contribution in [0.15, 0.2) is 0 Å². The molecule has 2 aliphatic rings. The third-order valence-corrected chi connectivity index (χ3v) is 4.77. The summed E-state index contributed by atoms with van der Waals surface area (Å²) in [4.78, 5) is 28.3. The van der Waals surface area contributed by atoms with Gasteiger partial charge in [0, 0.05) is 32.7 Å². The lowest BCUT2D eigenvalue weighted by molar-refractivity contribution is -0.123. The van der Waals surface area contributed by atoms with Crippen molar-refractivity contribution in [1.29, 1.82) is 0 Å². The molecule has 126 valence electrons. The number of piperidine rings is 1. The van der Waals surface area contributed by atoms with Crippen LogP contribution in [0, 0.1) is 5.92 Å². The van der Waals surface area contributed by atoms with E-state index in [0.29, 0.717) is 12.5 Å². The van der Waals surface area contributed by atoms with Gasteiger partial charge in [-0.1, -0.05) is 0 Å². The van der Waals surface area contributed by atoms with Gasteiger partial charge in [-0.3, -0.25) is 4.79 Å². The standard InChI is InChI=1S/C16H30N4O2/c1-3-19(4-2)16(22)20-10-6-7-13(12-20)11-18-15(21)14-8-5-9-17-14/h13-14,17H,3-12H2,1-2H3,(H,18,21). The van der Waals surface area contributed by atoms with Gasteiger partial charge in [-0.05, 0) is 52.0 Å². The molecule has 6 nitrogen and oxygen atoms in total. The molecule has 22 heavy (non-hydrogen) atoms.